The Morgan fingerprint density at radius 2 is 1.41 bits per heavy atom. The summed E-state index contributed by atoms with van der Waals surface area (Å²) in [4.78, 5) is 5.07. The van der Waals surface area contributed by atoms with Crippen LogP contribution in [0.5, 0.6) is 0 Å². The topological polar surface area (TPSA) is 15.7 Å². The number of hydrogen-bond donors (Lipinski definition) is 0. The van der Waals surface area contributed by atoms with Crippen molar-refractivity contribution < 1.29 is 4.74 Å². The van der Waals surface area contributed by atoms with Crippen LogP contribution in [0.2, 0.25) is 0 Å². The molecule has 17 heavy (non-hydrogen) atoms. The third-order valence-electron chi connectivity index (χ3n) is 3.26. The first-order valence-electron chi connectivity index (χ1n) is 6.80. The van der Waals surface area contributed by atoms with Gasteiger partial charge in [0.15, 0.2) is 0 Å². The van der Waals surface area contributed by atoms with Crippen molar-refractivity contribution in [2.75, 3.05) is 39.3 Å². The van der Waals surface area contributed by atoms with Crippen LogP contribution >= 0.6 is 0 Å². The molecule has 0 amide bonds. The summed E-state index contributed by atoms with van der Waals surface area (Å²) in [6.07, 6.45) is 0. The summed E-state index contributed by atoms with van der Waals surface area (Å²) in [7, 11) is 0. The molecule has 102 valence electrons. The van der Waals surface area contributed by atoms with Crippen LogP contribution in [0.15, 0.2) is 0 Å². The van der Waals surface area contributed by atoms with Gasteiger partial charge in [0, 0.05) is 38.3 Å². The first kappa shape index (κ1) is 14.9. The molecule has 3 nitrogen and oxygen atoms in total. The Kier molecular flexibility index (Phi) is 4.99. The maximum absolute atomic E-state index is 5.77. The van der Waals surface area contributed by atoms with E-state index < -0.39 is 0 Å². The van der Waals surface area contributed by atoms with Gasteiger partial charge in [-0.2, -0.15) is 0 Å². The molecule has 0 aromatic heterocycles. The molecule has 0 aliphatic carbocycles. The largest absolute Gasteiger partial charge is 0.375 e. The average molecular weight is 242 g/mol. The van der Waals surface area contributed by atoms with Gasteiger partial charge in [-0.1, -0.05) is 0 Å². The van der Waals surface area contributed by atoms with E-state index >= 15 is 0 Å². The Bertz CT molecular complexity index is 217. The van der Waals surface area contributed by atoms with E-state index in [0.29, 0.717) is 5.54 Å². The summed E-state index contributed by atoms with van der Waals surface area (Å²) in [6.45, 7) is 19.9. The second kappa shape index (κ2) is 5.68. The molecule has 0 spiro atoms. The molecule has 0 atom stereocenters. The van der Waals surface area contributed by atoms with E-state index in [4.69, 9.17) is 4.74 Å². The van der Waals surface area contributed by atoms with E-state index in [-0.39, 0.29) is 5.60 Å². The van der Waals surface area contributed by atoms with Crippen LogP contribution in [0.25, 0.3) is 0 Å². The third-order valence-corrected chi connectivity index (χ3v) is 3.26. The fraction of sp³-hybridized carbons (Fsp3) is 1.00. The third kappa shape index (κ3) is 5.84. The zero-order valence-corrected chi connectivity index (χ0v) is 12.5. The molecule has 3 heteroatoms. The van der Waals surface area contributed by atoms with Crippen LogP contribution < -0.4 is 0 Å². The minimum atomic E-state index is -0.00671. The van der Waals surface area contributed by atoms with Crippen molar-refractivity contribution in [3.63, 3.8) is 0 Å². The van der Waals surface area contributed by atoms with E-state index in [1.54, 1.807) is 0 Å². The Hall–Kier alpha value is -0.120. The molecule has 0 aromatic carbocycles. The van der Waals surface area contributed by atoms with E-state index in [1.807, 2.05) is 0 Å². The first-order valence-corrected chi connectivity index (χ1v) is 6.80. The fourth-order valence-corrected chi connectivity index (χ4v) is 2.12. The van der Waals surface area contributed by atoms with Crippen LogP contribution in [-0.4, -0.2) is 60.3 Å². The van der Waals surface area contributed by atoms with Crippen molar-refractivity contribution in [1.29, 1.82) is 0 Å². The Morgan fingerprint density at radius 1 is 0.882 bits per heavy atom. The van der Waals surface area contributed by atoms with Crippen molar-refractivity contribution in [1.82, 2.24) is 9.80 Å². The SMILES string of the molecule is CC(C)(C)OCCN1CCN(C(C)(C)C)CC1. The molecule has 1 aliphatic rings. The Balaban J connectivity index is 2.20. The minimum absolute atomic E-state index is 0.00671. The maximum atomic E-state index is 5.77. The molecule has 0 aromatic rings. The van der Waals surface area contributed by atoms with Crippen LogP contribution in [0.4, 0.5) is 0 Å². The van der Waals surface area contributed by atoms with Crippen LogP contribution in [-0.2, 0) is 4.74 Å². The number of piperazine rings is 1. The summed E-state index contributed by atoms with van der Waals surface area (Å²) in [5.74, 6) is 0. The lowest BCUT2D eigenvalue weighted by Crippen LogP contribution is -2.53. The second-order valence-electron chi connectivity index (χ2n) is 6.96. The molecule has 1 rings (SSSR count). The summed E-state index contributed by atoms with van der Waals surface area (Å²) in [6, 6.07) is 0. The highest BCUT2D eigenvalue weighted by Gasteiger charge is 2.25. The number of rotatable bonds is 3. The highest BCUT2D eigenvalue weighted by atomic mass is 16.5. The molecule has 0 radical (unpaired) electrons. The highest BCUT2D eigenvalue weighted by molar-refractivity contribution is 4.81. The van der Waals surface area contributed by atoms with Crippen LogP contribution in [0.3, 0.4) is 0 Å². The molecule has 0 unspecified atom stereocenters. The molecule has 1 aliphatic heterocycles. The normalized spacial score (nSPS) is 20.8. The van der Waals surface area contributed by atoms with Crippen molar-refractivity contribution >= 4 is 0 Å². The lowest BCUT2D eigenvalue weighted by atomic mass is 10.1. The monoisotopic (exact) mass is 242 g/mol. The standard InChI is InChI=1S/C14H30N2O/c1-13(2,3)16-9-7-15(8-10-16)11-12-17-14(4,5)6/h7-12H2,1-6H3. The summed E-state index contributed by atoms with van der Waals surface area (Å²) in [5.41, 5.74) is 0.307. The zero-order chi connectivity index (χ0) is 13.1. The predicted molar refractivity (Wildman–Crippen MR) is 73.5 cm³/mol. The average Bonchev–Trinajstić information content (AvgIpc) is 2.15. The maximum Gasteiger partial charge on any atom is 0.0600 e. The quantitative estimate of drug-likeness (QED) is 0.755. The molecule has 1 saturated heterocycles. The van der Waals surface area contributed by atoms with Gasteiger partial charge in [0.25, 0.3) is 0 Å². The second-order valence-corrected chi connectivity index (χ2v) is 6.96. The van der Waals surface area contributed by atoms with E-state index in [0.717, 1.165) is 13.2 Å². The van der Waals surface area contributed by atoms with Crippen LogP contribution in [0.1, 0.15) is 41.5 Å². The number of nitrogens with zero attached hydrogens (tertiary/aromatic N) is 2. The van der Waals surface area contributed by atoms with E-state index in [1.165, 1.54) is 26.2 Å². The van der Waals surface area contributed by atoms with Crippen molar-refractivity contribution in [3.8, 4) is 0 Å². The van der Waals surface area contributed by atoms with Gasteiger partial charge >= 0.3 is 0 Å². The van der Waals surface area contributed by atoms with Gasteiger partial charge in [-0.25, -0.2) is 0 Å². The number of hydrogen-bond acceptors (Lipinski definition) is 3. The fourth-order valence-electron chi connectivity index (χ4n) is 2.12. The highest BCUT2D eigenvalue weighted by Crippen LogP contribution is 2.15. The molecular weight excluding hydrogens is 212 g/mol. The van der Waals surface area contributed by atoms with Gasteiger partial charge in [0.05, 0.1) is 12.2 Å². The van der Waals surface area contributed by atoms with Gasteiger partial charge < -0.3 is 4.74 Å². The zero-order valence-electron chi connectivity index (χ0n) is 12.5. The van der Waals surface area contributed by atoms with Gasteiger partial charge in [0.2, 0.25) is 0 Å². The van der Waals surface area contributed by atoms with Crippen molar-refractivity contribution in [3.05, 3.63) is 0 Å². The molecule has 1 fully saturated rings. The predicted octanol–water partition coefficient (Wildman–Crippen LogP) is 2.22. The summed E-state index contributed by atoms with van der Waals surface area (Å²) >= 11 is 0. The smallest absolute Gasteiger partial charge is 0.0600 e. The van der Waals surface area contributed by atoms with Crippen molar-refractivity contribution in [2.45, 2.75) is 52.7 Å². The molecule has 0 saturated carbocycles. The minimum Gasteiger partial charge on any atom is -0.375 e. The lowest BCUT2D eigenvalue weighted by Gasteiger charge is -2.42. The molecule has 0 bridgehead atoms. The lowest BCUT2D eigenvalue weighted by molar-refractivity contribution is -0.0219. The first-order chi connectivity index (χ1) is 7.68. The molecule has 0 N–H and O–H groups in total. The summed E-state index contributed by atoms with van der Waals surface area (Å²) < 4.78 is 5.77. The Labute approximate surface area is 107 Å². The van der Waals surface area contributed by atoms with Gasteiger partial charge in [-0.15, -0.1) is 0 Å². The molecular formula is C14H30N2O. The van der Waals surface area contributed by atoms with E-state index in [9.17, 15) is 0 Å². The molecule has 1 heterocycles. The van der Waals surface area contributed by atoms with Gasteiger partial charge in [0.1, 0.15) is 0 Å². The van der Waals surface area contributed by atoms with Gasteiger partial charge in [-0.05, 0) is 41.5 Å². The van der Waals surface area contributed by atoms with Gasteiger partial charge in [-0.3, -0.25) is 9.80 Å². The Morgan fingerprint density at radius 3 is 1.82 bits per heavy atom. The van der Waals surface area contributed by atoms with Crippen LogP contribution in [0, 0.1) is 0 Å². The van der Waals surface area contributed by atoms with E-state index in [2.05, 4.69) is 51.3 Å². The van der Waals surface area contributed by atoms with Crippen molar-refractivity contribution in [2.24, 2.45) is 0 Å². The summed E-state index contributed by atoms with van der Waals surface area (Å²) in [5, 5.41) is 0. The number of ether oxygens (including phenoxy) is 1.